The molecule has 6 nitrogen and oxygen atoms in total. The van der Waals surface area contributed by atoms with E-state index in [1.165, 1.54) is 31.4 Å². The molecule has 0 aliphatic carbocycles. The minimum absolute atomic E-state index is 0.115. The second-order valence-electron chi connectivity index (χ2n) is 6.53. The zero-order valence-corrected chi connectivity index (χ0v) is 17.4. The van der Waals surface area contributed by atoms with E-state index in [9.17, 15) is 9.59 Å². The molecule has 0 spiro atoms. The van der Waals surface area contributed by atoms with E-state index in [0.29, 0.717) is 29.7 Å². The van der Waals surface area contributed by atoms with Crippen molar-refractivity contribution >= 4 is 40.7 Å². The monoisotopic (exact) mass is 424 g/mol. The van der Waals surface area contributed by atoms with Gasteiger partial charge >= 0.3 is 0 Å². The average Bonchev–Trinajstić information content (AvgIpc) is 2.63. The van der Waals surface area contributed by atoms with Crippen LogP contribution in [0.25, 0.3) is 0 Å². The molecule has 2 aromatic carbocycles. The summed E-state index contributed by atoms with van der Waals surface area (Å²) < 4.78 is 11.0. The van der Waals surface area contributed by atoms with Crippen molar-refractivity contribution < 1.29 is 19.1 Å². The number of rotatable bonds is 8. The SMILES string of the molecule is COc1cc(C(=O)Nc2ccc(Cl)c(C(N)=O)c2)cc(Cl)c1OCCC(C)C. The molecule has 3 N–H and O–H groups in total. The molecule has 150 valence electrons. The summed E-state index contributed by atoms with van der Waals surface area (Å²) in [4.78, 5) is 24.0. The molecule has 0 saturated heterocycles. The number of hydrogen-bond donors (Lipinski definition) is 2. The predicted molar refractivity (Wildman–Crippen MR) is 111 cm³/mol. The van der Waals surface area contributed by atoms with Crippen LogP contribution >= 0.6 is 23.2 Å². The number of methoxy groups -OCH3 is 1. The van der Waals surface area contributed by atoms with Crippen LogP contribution < -0.4 is 20.5 Å². The molecule has 0 atom stereocenters. The van der Waals surface area contributed by atoms with Crippen molar-refractivity contribution in [2.45, 2.75) is 20.3 Å². The summed E-state index contributed by atoms with van der Waals surface area (Å²) in [6.45, 7) is 4.67. The van der Waals surface area contributed by atoms with E-state index >= 15 is 0 Å². The van der Waals surface area contributed by atoms with E-state index in [2.05, 4.69) is 19.2 Å². The Balaban J connectivity index is 2.23. The largest absolute Gasteiger partial charge is 0.493 e. The lowest BCUT2D eigenvalue weighted by atomic mass is 10.1. The molecule has 0 aliphatic rings. The summed E-state index contributed by atoms with van der Waals surface area (Å²) >= 11 is 12.2. The quantitative estimate of drug-likeness (QED) is 0.637. The van der Waals surface area contributed by atoms with Crippen molar-refractivity contribution in [2.75, 3.05) is 19.0 Å². The molecular formula is C20H22Cl2N2O4. The van der Waals surface area contributed by atoms with E-state index in [4.69, 9.17) is 38.4 Å². The molecule has 0 heterocycles. The van der Waals surface area contributed by atoms with E-state index in [0.717, 1.165) is 6.42 Å². The number of primary amides is 1. The Morgan fingerprint density at radius 2 is 1.86 bits per heavy atom. The molecule has 2 aromatic rings. The Morgan fingerprint density at radius 3 is 2.46 bits per heavy atom. The summed E-state index contributed by atoms with van der Waals surface area (Å²) in [7, 11) is 1.47. The van der Waals surface area contributed by atoms with E-state index in [1.54, 1.807) is 6.07 Å². The zero-order chi connectivity index (χ0) is 20.8. The highest BCUT2D eigenvalue weighted by Gasteiger charge is 2.17. The fourth-order valence-corrected chi connectivity index (χ4v) is 2.86. The molecule has 0 radical (unpaired) electrons. The molecule has 0 unspecified atom stereocenters. The Bertz CT molecular complexity index is 885. The van der Waals surface area contributed by atoms with Gasteiger partial charge in [-0.15, -0.1) is 0 Å². The number of halogens is 2. The molecular weight excluding hydrogens is 403 g/mol. The highest BCUT2D eigenvalue weighted by molar-refractivity contribution is 6.34. The van der Waals surface area contributed by atoms with Gasteiger partial charge in [0.1, 0.15) is 0 Å². The van der Waals surface area contributed by atoms with Crippen molar-refractivity contribution in [3.8, 4) is 11.5 Å². The van der Waals surface area contributed by atoms with Crippen molar-refractivity contribution in [3.63, 3.8) is 0 Å². The first-order valence-electron chi connectivity index (χ1n) is 8.64. The molecule has 8 heteroatoms. The number of carbonyl (C=O) groups excluding carboxylic acids is 2. The Kier molecular flexibility index (Phi) is 7.54. The van der Waals surface area contributed by atoms with Crippen LogP contribution in [0.4, 0.5) is 5.69 Å². The maximum absolute atomic E-state index is 12.6. The topological polar surface area (TPSA) is 90.6 Å². The van der Waals surface area contributed by atoms with Crippen molar-refractivity contribution in [1.82, 2.24) is 0 Å². The van der Waals surface area contributed by atoms with E-state index in [1.807, 2.05) is 0 Å². The average molecular weight is 425 g/mol. The van der Waals surface area contributed by atoms with Gasteiger partial charge in [-0.1, -0.05) is 37.0 Å². The molecule has 0 aliphatic heterocycles. The molecule has 2 rings (SSSR count). The number of hydrogen-bond acceptors (Lipinski definition) is 4. The number of ether oxygens (including phenoxy) is 2. The summed E-state index contributed by atoms with van der Waals surface area (Å²) in [5.74, 6) is 0.110. The molecule has 0 aromatic heterocycles. The highest BCUT2D eigenvalue weighted by atomic mass is 35.5. The third-order valence-electron chi connectivity index (χ3n) is 3.92. The molecule has 28 heavy (non-hydrogen) atoms. The van der Waals surface area contributed by atoms with Crippen LogP contribution in [0.3, 0.4) is 0 Å². The van der Waals surface area contributed by atoms with Gasteiger partial charge < -0.3 is 20.5 Å². The lowest BCUT2D eigenvalue weighted by Gasteiger charge is -2.15. The van der Waals surface area contributed by atoms with Gasteiger partial charge in [-0.2, -0.15) is 0 Å². The van der Waals surface area contributed by atoms with Gasteiger partial charge in [-0.05, 0) is 42.7 Å². The second-order valence-corrected chi connectivity index (χ2v) is 7.35. The van der Waals surface area contributed by atoms with E-state index < -0.39 is 11.8 Å². The normalized spacial score (nSPS) is 10.6. The number of amides is 2. The Morgan fingerprint density at radius 1 is 1.14 bits per heavy atom. The minimum Gasteiger partial charge on any atom is -0.493 e. The molecule has 0 fully saturated rings. The first-order chi connectivity index (χ1) is 13.2. The van der Waals surface area contributed by atoms with Gasteiger partial charge in [-0.3, -0.25) is 9.59 Å². The second kappa shape index (κ2) is 9.66. The fourth-order valence-electron chi connectivity index (χ4n) is 2.38. The van der Waals surface area contributed by atoms with Crippen molar-refractivity contribution in [2.24, 2.45) is 11.7 Å². The Labute approximate surface area is 173 Å². The summed E-state index contributed by atoms with van der Waals surface area (Å²) in [6, 6.07) is 7.49. The number of anilines is 1. The number of benzene rings is 2. The van der Waals surface area contributed by atoms with Gasteiger partial charge in [0.15, 0.2) is 11.5 Å². The number of nitrogens with one attached hydrogen (secondary N) is 1. The minimum atomic E-state index is -0.686. The van der Waals surface area contributed by atoms with Crippen LogP contribution in [0.15, 0.2) is 30.3 Å². The van der Waals surface area contributed by atoms with Crippen LogP contribution in [0.2, 0.25) is 10.0 Å². The lowest BCUT2D eigenvalue weighted by Crippen LogP contribution is -2.15. The van der Waals surface area contributed by atoms with Crippen molar-refractivity contribution in [1.29, 1.82) is 0 Å². The van der Waals surface area contributed by atoms with Crippen molar-refractivity contribution in [3.05, 3.63) is 51.5 Å². The summed E-state index contributed by atoms with van der Waals surface area (Å²) in [6.07, 6.45) is 0.862. The fraction of sp³-hybridized carbons (Fsp3) is 0.300. The van der Waals surface area contributed by atoms with E-state index in [-0.39, 0.29) is 21.2 Å². The van der Waals surface area contributed by atoms with Gasteiger partial charge in [0.05, 0.1) is 29.3 Å². The van der Waals surface area contributed by atoms with Gasteiger partial charge in [0, 0.05) is 11.3 Å². The standard InChI is InChI=1S/C20H22Cl2N2O4/c1-11(2)6-7-28-18-16(22)8-12(9-17(18)27-3)20(26)24-13-4-5-15(21)14(10-13)19(23)25/h4-5,8-11H,6-7H2,1-3H3,(H2,23,25)(H,24,26). The van der Waals surface area contributed by atoms with Gasteiger partial charge in [0.25, 0.3) is 5.91 Å². The van der Waals surface area contributed by atoms with Crippen LogP contribution in [0.5, 0.6) is 11.5 Å². The maximum Gasteiger partial charge on any atom is 0.255 e. The van der Waals surface area contributed by atoms with Crippen LogP contribution in [-0.2, 0) is 0 Å². The van der Waals surface area contributed by atoms with Crippen LogP contribution in [-0.4, -0.2) is 25.5 Å². The molecule has 2 amide bonds. The van der Waals surface area contributed by atoms with Gasteiger partial charge in [0.2, 0.25) is 5.91 Å². The maximum atomic E-state index is 12.6. The number of nitrogens with two attached hydrogens (primary N) is 1. The summed E-state index contributed by atoms with van der Waals surface area (Å²) in [5.41, 5.74) is 6.03. The lowest BCUT2D eigenvalue weighted by molar-refractivity contribution is 0.0996. The third kappa shape index (κ3) is 5.53. The molecule has 0 saturated carbocycles. The van der Waals surface area contributed by atoms with Crippen LogP contribution in [0, 0.1) is 5.92 Å². The smallest absolute Gasteiger partial charge is 0.255 e. The van der Waals surface area contributed by atoms with Gasteiger partial charge in [-0.25, -0.2) is 0 Å². The highest BCUT2D eigenvalue weighted by Crippen LogP contribution is 2.37. The first kappa shape index (κ1) is 21.9. The number of carbonyl (C=O) groups is 2. The summed E-state index contributed by atoms with van der Waals surface area (Å²) in [5, 5.41) is 3.15. The Hall–Kier alpha value is -2.44. The van der Waals surface area contributed by atoms with Crippen LogP contribution in [0.1, 0.15) is 41.0 Å². The third-order valence-corrected chi connectivity index (χ3v) is 4.53. The zero-order valence-electron chi connectivity index (χ0n) is 15.8. The first-order valence-corrected chi connectivity index (χ1v) is 9.39. The molecule has 0 bridgehead atoms. The predicted octanol–water partition coefficient (Wildman–Crippen LogP) is 4.78.